The minimum atomic E-state index is -3.87. The molecule has 1 aromatic heterocycles. The van der Waals surface area contributed by atoms with Crippen molar-refractivity contribution in [3.63, 3.8) is 0 Å². The first kappa shape index (κ1) is 15.1. The molecule has 0 aliphatic heterocycles. The highest BCUT2D eigenvalue weighted by Crippen LogP contribution is 2.33. The molecule has 0 amide bonds. The monoisotopic (exact) mass is 324 g/mol. The van der Waals surface area contributed by atoms with E-state index >= 15 is 0 Å². The van der Waals surface area contributed by atoms with Crippen LogP contribution in [-0.2, 0) is 16.6 Å². The number of hydrogen-bond donors (Lipinski definition) is 0. The number of nitrogens with zero attached hydrogens (tertiary/aromatic N) is 2. The van der Waals surface area contributed by atoms with Crippen molar-refractivity contribution in [1.29, 1.82) is 0 Å². The molecular formula is C15H14F2N2O2S. The van der Waals surface area contributed by atoms with E-state index in [1.54, 1.807) is 24.5 Å². The highest BCUT2D eigenvalue weighted by molar-refractivity contribution is 7.89. The summed E-state index contributed by atoms with van der Waals surface area (Å²) in [4.78, 5) is 3.67. The molecule has 116 valence electrons. The Bertz CT molecular complexity index is 777. The van der Waals surface area contributed by atoms with Gasteiger partial charge >= 0.3 is 0 Å². The predicted molar refractivity (Wildman–Crippen MR) is 76.3 cm³/mol. The van der Waals surface area contributed by atoms with Crippen LogP contribution in [0.15, 0.2) is 47.6 Å². The molecule has 1 aromatic carbocycles. The fourth-order valence-corrected chi connectivity index (χ4v) is 3.90. The number of sulfonamides is 1. The lowest BCUT2D eigenvalue weighted by atomic mass is 10.3. The quantitative estimate of drug-likeness (QED) is 0.850. The van der Waals surface area contributed by atoms with Gasteiger partial charge in [-0.15, -0.1) is 0 Å². The Kier molecular flexibility index (Phi) is 3.92. The Labute approximate surface area is 127 Å². The Morgan fingerprint density at radius 1 is 1.09 bits per heavy atom. The number of halogens is 2. The van der Waals surface area contributed by atoms with E-state index in [9.17, 15) is 17.2 Å². The van der Waals surface area contributed by atoms with Crippen molar-refractivity contribution in [2.24, 2.45) is 0 Å². The zero-order valence-corrected chi connectivity index (χ0v) is 12.4. The Balaban J connectivity index is 1.94. The number of pyridine rings is 1. The SMILES string of the molecule is O=S(=O)(c1ccc(F)c(F)c1)N(Cc1ccncc1)C1CC1. The molecule has 3 rings (SSSR count). The molecule has 1 saturated carbocycles. The number of hydrogen-bond acceptors (Lipinski definition) is 3. The molecule has 0 saturated heterocycles. The molecule has 0 spiro atoms. The minimum Gasteiger partial charge on any atom is -0.265 e. The van der Waals surface area contributed by atoms with Gasteiger partial charge in [0.1, 0.15) is 0 Å². The Hall–Kier alpha value is -1.86. The second-order valence-electron chi connectivity index (χ2n) is 5.21. The second-order valence-corrected chi connectivity index (χ2v) is 7.10. The van der Waals surface area contributed by atoms with Gasteiger partial charge in [-0.05, 0) is 48.7 Å². The third kappa shape index (κ3) is 3.00. The average molecular weight is 324 g/mol. The first-order valence-electron chi connectivity index (χ1n) is 6.84. The maximum Gasteiger partial charge on any atom is 0.243 e. The van der Waals surface area contributed by atoms with Gasteiger partial charge in [0.05, 0.1) is 4.90 Å². The third-order valence-electron chi connectivity index (χ3n) is 3.54. The lowest BCUT2D eigenvalue weighted by molar-refractivity contribution is 0.397. The average Bonchev–Trinajstić information content (AvgIpc) is 3.33. The van der Waals surface area contributed by atoms with E-state index in [1.165, 1.54) is 4.31 Å². The van der Waals surface area contributed by atoms with Crippen molar-refractivity contribution in [3.05, 3.63) is 59.9 Å². The van der Waals surface area contributed by atoms with Crippen LogP contribution in [0.25, 0.3) is 0 Å². The summed E-state index contributed by atoms with van der Waals surface area (Å²) in [7, 11) is -3.87. The van der Waals surface area contributed by atoms with Crippen molar-refractivity contribution in [2.75, 3.05) is 0 Å². The fraction of sp³-hybridized carbons (Fsp3) is 0.267. The maximum absolute atomic E-state index is 13.4. The number of aromatic nitrogens is 1. The van der Waals surface area contributed by atoms with Gasteiger partial charge < -0.3 is 0 Å². The molecular weight excluding hydrogens is 310 g/mol. The second kappa shape index (κ2) is 5.73. The Morgan fingerprint density at radius 3 is 2.36 bits per heavy atom. The van der Waals surface area contributed by atoms with E-state index in [4.69, 9.17) is 0 Å². The van der Waals surface area contributed by atoms with Gasteiger partial charge in [-0.2, -0.15) is 4.31 Å². The van der Waals surface area contributed by atoms with Crippen molar-refractivity contribution < 1.29 is 17.2 Å². The molecule has 0 unspecified atom stereocenters. The van der Waals surface area contributed by atoms with E-state index in [2.05, 4.69) is 4.98 Å². The summed E-state index contributed by atoms with van der Waals surface area (Å²) in [5.74, 6) is -2.23. The van der Waals surface area contributed by atoms with Crippen LogP contribution >= 0.6 is 0 Å². The molecule has 1 fully saturated rings. The highest BCUT2D eigenvalue weighted by atomic mass is 32.2. The standard InChI is InChI=1S/C15H14F2N2O2S/c16-14-4-3-13(9-15(14)17)22(20,21)19(12-1-2-12)10-11-5-7-18-8-6-11/h3-9,12H,1-2,10H2. The zero-order valence-electron chi connectivity index (χ0n) is 11.6. The van der Waals surface area contributed by atoms with E-state index in [1.807, 2.05) is 0 Å². The normalized spacial score (nSPS) is 15.2. The molecule has 22 heavy (non-hydrogen) atoms. The lowest BCUT2D eigenvalue weighted by Crippen LogP contribution is -2.32. The highest BCUT2D eigenvalue weighted by Gasteiger charge is 2.38. The van der Waals surface area contributed by atoms with Crippen LogP contribution in [0, 0.1) is 11.6 Å². The van der Waals surface area contributed by atoms with Gasteiger partial charge in [0.15, 0.2) is 11.6 Å². The van der Waals surface area contributed by atoms with Crippen LogP contribution in [0.2, 0.25) is 0 Å². The van der Waals surface area contributed by atoms with Crippen LogP contribution in [0.3, 0.4) is 0 Å². The lowest BCUT2D eigenvalue weighted by Gasteiger charge is -2.22. The van der Waals surface area contributed by atoms with Gasteiger partial charge in [0.2, 0.25) is 10.0 Å². The van der Waals surface area contributed by atoms with Crippen LogP contribution in [-0.4, -0.2) is 23.7 Å². The molecule has 4 nitrogen and oxygen atoms in total. The van der Waals surface area contributed by atoms with Crippen LogP contribution in [0.4, 0.5) is 8.78 Å². The molecule has 1 aliphatic carbocycles. The van der Waals surface area contributed by atoms with Crippen molar-refractivity contribution in [1.82, 2.24) is 9.29 Å². The molecule has 1 heterocycles. The Morgan fingerprint density at radius 2 is 1.77 bits per heavy atom. The van der Waals surface area contributed by atoms with Crippen molar-refractivity contribution in [3.8, 4) is 0 Å². The summed E-state index contributed by atoms with van der Waals surface area (Å²) in [6, 6.07) is 6.03. The van der Waals surface area contributed by atoms with E-state index in [0.29, 0.717) is 0 Å². The van der Waals surface area contributed by atoms with Crippen molar-refractivity contribution >= 4 is 10.0 Å². The molecule has 2 aromatic rings. The van der Waals surface area contributed by atoms with Gasteiger partial charge in [0, 0.05) is 25.0 Å². The van der Waals surface area contributed by atoms with E-state index < -0.39 is 21.7 Å². The summed E-state index contributed by atoms with van der Waals surface area (Å²) in [5, 5.41) is 0. The van der Waals surface area contributed by atoms with Gasteiger partial charge in [0.25, 0.3) is 0 Å². The zero-order chi connectivity index (χ0) is 15.7. The van der Waals surface area contributed by atoms with Gasteiger partial charge in [-0.25, -0.2) is 17.2 Å². The summed E-state index contributed by atoms with van der Waals surface area (Å²) >= 11 is 0. The van der Waals surface area contributed by atoms with Crippen molar-refractivity contribution in [2.45, 2.75) is 30.3 Å². The maximum atomic E-state index is 13.4. The summed E-state index contributed by atoms with van der Waals surface area (Å²) < 4.78 is 53.1. The minimum absolute atomic E-state index is 0.0914. The number of rotatable bonds is 5. The molecule has 0 N–H and O–H groups in total. The van der Waals surface area contributed by atoms with Gasteiger partial charge in [-0.3, -0.25) is 4.98 Å². The predicted octanol–water partition coefficient (Wildman–Crippen LogP) is 2.71. The molecule has 0 bridgehead atoms. The smallest absolute Gasteiger partial charge is 0.243 e. The fourth-order valence-electron chi connectivity index (χ4n) is 2.21. The molecule has 0 atom stereocenters. The topological polar surface area (TPSA) is 50.3 Å². The molecule has 0 radical (unpaired) electrons. The van der Waals surface area contributed by atoms with Crippen LogP contribution in [0.5, 0.6) is 0 Å². The summed E-state index contributed by atoms with van der Waals surface area (Å²) in [6.07, 6.45) is 4.72. The first-order chi connectivity index (χ1) is 10.5. The third-order valence-corrected chi connectivity index (χ3v) is 5.43. The van der Waals surface area contributed by atoms with Gasteiger partial charge in [-0.1, -0.05) is 0 Å². The number of benzene rings is 1. The molecule has 7 heteroatoms. The first-order valence-corrected chi connectivity index (χ1v) is 8.28. The van der Waals surface area contributed by atoms with E-state index in [-0.39, 0.29) is 17.5 Å². The summed E-state index contributed by atoms with van der Waals surface area (Å²) in [6.45, 7) is 0.189. The van der Waals surface area contributed by atoms with E-state index in [0.717, 1.165) is 36.6 Å². The van der Waals surface area contributed by atoms with Crippen LogP contribution in [0.1, 0.15) is 18.4 Å². The largest absolute Gasteiger partial charge is 0.265 e. The van der Waals surface area contributed by atoms with Crippen LogP contribution < -0.4 is 0 Å². The molecule has 1 aliphatic rings. The summed E-state index contributed by atoms with van der Waals surface area (Å²) in [5.41, 5.74) is 0.799.